The summed E-state index contributed by atoms with van der Waals surface area (Å²) in [5.74, 6) is 0.0240. The minimum absolute atomic E-state index is 0.0240. The predicted molar refractivity (Wildman–Crippen MR) is 66.4 cm³/mol. The van der Waals surface area contributed by atoms with Gasteiger partial charge in [0.2, 0.25) is 0 Å². The summed E-state index contributed by atoms with van der Waals surface area (Å²) in [6, 6.07) is -0.163. The lowest BCUT2D eigenvalue weighted by atomic mass is 10.2. The maximum Gasteiger partial charge on any atom is 0.262 e. The Morgan fingerprint density at radius 1 is 1.61 bits per heavy atom. The highest BCUT2D eigenvalue weighted by atomic mass is 32.2. The molecule has 0 radical (unpaired) electrons. The number of aryl methyl sites for hydroxylation is 1. The van der Waals surface area contributed by atoms with Gasteiger partial charge in [-0.05, 0) is 13.3 Å². The minimum Gasteiger partial charge on any atom is -0.381 e. The number of aromatic nitrogens is 2. The van der Waals surface area contributed by atoms with Crippen molar-refractivity contribution in [1.82, 2.24) is 13.9 Å². The van der Waals surface area contributed by atoms with Crippen molar-refractivity contribution >= 4 is 15.8 Å². The molecule has 102 valence electrons. The summed E-state index contributed by atoms with van der Waals surface area (Å²) in [6.45, 7) is 2.45. The lowest BCUT2D eigenvalue weighted by molar-refractivity contribution is 0.102. The first kappa shape index (κ1) is 13.3. The molecule has 8 heteroatoms. The number of nitrogens with two attached hydrogens (primary N) is 1. The van der Waals surface area contributed by atoms with Crippen molar-refractivity contribution in [3.8, 4) is 0 Å². The molecule has 18 heavy (non-hydrogen) atoms. The molecule has 0 amide bonds. The fourth-order valence-corrected chi connectivity index (χ4v) is 3.90. The van der Waals surface area contributed by atoms with E-state index in [4.69, 9.17) is 10.5 Å². The number of nitrogens with zero attached hydrogens (tertiary/aromatic N) is 3. The van der Waals surface area contributed by atoms with Gasteiger partial charge < -0.3 is 15.0 Å². The molecule has 1 aliphatic rings. The molecule has 0 aliphatic carbocycles. The van der Waals surface area contributed by atoms with Gasteiger partial charge in [0.25, 0.3) is 10.0 Å². The summed E-state index contributed by atoms with van der Waals surface area (Å²) in [5.41, 5.74) is 5.63. The van der Waals surface area contributed by atoms with E-state index in [0.717, 1.165) is 0 Å². The highest BCUT2D eigenvalue weighted by molar-refractivity contribution is 7.89. The third-order valence-corrected chi connectivity index (χ3v) is 5.35. The highest BCUT2D eigenvalue weighted by Crippen LogP contribution is 2.26. The number of nitrogen functional groups attached to an aromatic ring is 1. The molecular weight excluding hydrogens is 256 g/mol. The van der Waals surface area contributed by atoms with E-state index < -0.39 is 10.0 Å². The third-order valence-electron chi connectivity index (χ3n) is 3.34. The normalized spacial score (nSPS) is 24.9. The van der Waals surface area contributed by atoms with Crippen molar-refractivity contribution < 1.29 is 13.2 Å². The quantitative estimate of drug-likeness (QED) is 0.824. The average molecular weight is 274 g/mol. The molecule has 1 fully saturated rings. The molecule has 7 nitrogen and oxygen atoms in total. The number of hydrogen-bond acceptors (Lipinski definition) is 5. The third kappa shape index (κ3) is 2.00. The summed E-state index contributed by atoms with van der Waals surface area (Å²) in [6.07, 6.45) is 1.97. The number of rotatable bonds is 3. The number of ether oxygens (including phenoxy) is 1. The fourth-order valence-electron chi connectivity index (χ4n) is 2.26. The Kier molecular flexibility index (Phi) is 3.35. The van der Waals surface area contributed by atoms with Crippen LogP contribution in [-0.4, -0.2) is 48.1 Å². The topological polar surface area (TPSA) is 90.4 Å². The van der Waals surface area contributed by atoms with Gasteiger partial charge in [-0.1, -0.05) is 0 Å². The monoisotopic (exact) mass is 274 g/mol. The predicted octanol–water partition coefficient (Wildman–Crippen LogP) is -0.200. The summed E-state index contributed by atoms with van der Waals surface area (Å²) < 4.78 is 33.1. The van der Waals surface area contributed by atoms with Gasteiger partial charge in [0.1, 0.15) is 0 Å². The van der Waals surface area contributed by atoms with Crippen molar-refractivity contribution in [3.63, 3.8) is 0 Å². The van der Waals surface area contributed by atoms with Crippen LogP contribution < -0.4 is 5.73 Å². The first-order chi connectivity index (χ1) is 8.35. The van der Waals surface area contributed by atoms with Crippen molar-refractivity contribution in [2.45, 2.75) is 30.5 Å². The Labute approximate surface area is 107 Å². The molecule has 0 saturated carbocycles. The van der Waals surface area contributed by atoms with Crippen LogP contribution in [0.5, 0.6) is 0 Å². The van der Waals surface area contributed by atoms with E-state index in [2.05, 4.69) is 4.98 Å². The number of hydrogen-bond donors (Lipinski definition) is 1. The fraction of sp³-hybridized carbons (Fsp3) is 0.700. The maximum atomic E-state index is 12.5. The van der Waals surface area contributed by atoms with Gasteiger partial charge in [-0.3, -0.25) is 0 Å². The molecule has 0 spiro atoms. The first-order valence-corrected chi connectivity index (χ1v) is 7.16. The van der Waals surface area contributed by atoms with E-state index in [1.165, 1.54) is 15.2 Å². The molecule has 2 rings (SSSR count). The van der Waals surface area contributed by atoms with Crippen LogP contribution >= 0.6 is 0 Å². The number of sulfonamides is 1. The minimum atomic E-state index is -3.64. The molecule has 2 atom stereocenters. The van der Waals surface area contributed by atoms with Gasteiger partial charge in [-0.25, -0.2) is 13.4 Å². The zero-order valence-electron chi connectivity index (χ0n) is 10.7. The van der Waals surface area contributed by atoms with Gasteiger partial charge in [-0.2, -0.15) is 4.31 Å². The molecule has 0 aromatic carbocycles. The lowest BCUT2D eigenvalue weighted by Crippen LogP contribution is -2.41. The van der Waals surface area contributed by atoms with Gasteiger partial charge >= 0.3 is 0 Å². The van der Waals surface area contributed by atoms with E-state index in [1.54, 1.807) is 14.1 Å². The van der Waals surface area contributed by atoms with E-state index in [9.17, 15) is 8.42 Å². The van der Waals surface area contributed by atoms with Gasteiger partial charge in [0.05, 0.1) is 18.5 Å². The summed E-state index contributed by atoms with van der Waals surface area (Å²) in [7, 11) is -0.482. The van der Waals surface area contributed by atoms with Crippen molar-refractivity contribution in [1.29, 1.82) is 0 Å². The smallest absolute Gasteiger partial charge is 0.262 e. The summed E-state index contributed by atoms with van der Waals surface area (Å²) >= 11 is 0. The molecule has 2 heterocycles. The molecule has 2 N–H and O–H groups in total. The largest absolute Gasteiger partial charge is 0.381 e. The van der Waals surface area contributed by atoms with Crippen LogP contribution in [0.15, 0.2) is 11.4 Å². The Morgan fingerprint density at radius 2 is 2.28 bits per heavy atom. The van der Waals surface area contributed by atoms with E-state index in [0.29, 0.717) is 13.0 Å². The number of anilines is 1. The van der Waals surface area contributed by atoms with Crippen molar-refractivity contribution in [3.05, 3.63) is 6.33 Å². The molecule has 1 aromatic heterocycles. The number of likely N-dealkylation sites (N-methyl/N-ethyl adjacent to an activating group) is 1. The van der Waals surface area contributed by atoms with Gasteiger partial charge in [-0.15, -0.1) is 0 Å². The van der Waals surface area contributed by atoms with Crippen molar-refractivity contribution in [2.24, 2.45) is 7.05 Å². The first-order valence-electron chi connectivity index (χ1n) is 5.72. The zero-order chi connectivity index (χ0) is 13.5. The van der Waals surface area contributed by atoms with Crippen LogP contribution in [0, 0.1) is 0 Å². The number of imidazole rings is 1. The Bertz CT molecular complexity index is 520. The van der Waals surface area contributed by atoms with E-state index in [-0.39, 0.29) is 23.0 Å². The lowest BCUT2D eigenvalue weighted by Gasteiger charge is -2.26. The van der Waals surface area contributed by atoms with Crippen LogP contribution in [0.1, 0.15) is 13.3 Å². The summed E-state index contributed by atoms with van der Waals surface area (Å²) in [4.78, 5) is 3.81. The Balaban J connectivity index is 2.37. The van der Waals surface area contributed by atoms with E-state index in [1.807, 2.05) is 6.92 Å². The standard InChI is InChI=1S/C10H18N4O3S/c1-7-8(4-5-17-7)14(3)18(15,16)10-9(11)12-6-13(10)2/h6-8H,4-5,11H2,1-3H3. The molecule has 1 aromatic rings. The van der Waals surface area contributed by atoms with Crippen LogP contribution in [-0.2, 0) is 21.8 Å². The second-order valence-electron chi connectivity index (χ2n) is 4.50. The van der Waals surface area contributed by atoms with Crippen LogP contribution in [0.2, 0.25) is 0 Å². The molecule has 1 saturated heterocycles. The van der Waals surface area contributed by atoms with Crippen LogP contribution in [0.4, 0.5) is 5.82 Å². The van der Waals surface area contributed by atoms with Gasteiger partial charge in [0, 0.05) is 20.7 Å². The van der Waals surface area contributed by atoms with Crippen molar-refractivity contribution in [2.75, 3.05) is 19.4 Å². The molecule has 1 aliphatic heterocycles. The SMILES string of the molecule is CC1OCCC1N(C)S(=O)(=O)c1c(N)ncn1C. The molecule has 2 unspecified atom stereocenters. The zero-order valence-corrected chi connectivity index (χ0v) is 11.5. The van der Waals surface area contributed by atoms with Gasteiger partial charge in [0.15, 0.2) is 10.8 Å². The Hall–Kier alpha value is -1.12. The van der Waals surface area contributed by atoms with Crippen LogP contribution in [0.3, 0.4) is 0 Å². The maximum absolute atomic E-state index is 12.5. The second-order valence-corrected chi connectivity index (χ2v) is 6.41. The van der Waals surface area contributed by atoms with E-state index >= 15 is 0 Å². The second kappa shape index (κ2) is 4.52. The highest BCUT2D eigenvalue weighted by Gasteiger charge is 2.37. The van der Waals surface area contributed by atoms with Crippen LogP contribution in [0.25, 0.3) is 0 Å². The summed E-state index contributed by atoms with van der Waals surface area (Å²) in [5, 5.41) is 0.0316. The molecule has 0 bridgehead atoms. The Morgan fingerprint density at radius 3 is 2.72 bits per heavy atom. The molecular formula is C10H18N4O3S. The average Bonchev–Trinajstić information content (AvgIpc) is 2.84.